The zero-order valence-corrected chi connectivity index (χ0v) is 11.4. The number of carbonyl (C=O) groups is 1. The molecule has 0 aliphatic heterocycles. The minimum atomic E-state index is -0.411. The van der Waals surface area contributed by atoms with Crippen molar-refractivity contribution in [3.05, 3.63) is 60.3 Å². The fraction of sp³-hybridized carbons (Fsp3) is 0.133. The highest BCUT2D eigenvalue weighted by atomic mass is 16.5. The molecule has 3 rings (SSSR count). The second kappa shape index (κ2) is 5.62. The van der Waals surface area contributed by atoms with Gasteiger partial charge in [-0.3, -0.25) is 9.38 Å². The van der Waals surface area contributed by atoms with E-state index in [2.05, 4.69) is 9.97 Å². The van der Waals surface area contributed by atoms with E-state index < -0.39 is 5.97 Å². The number of hydrogen-bond donors (Lipinski definition) is 0. The van der Waals surface area contributed by atoms with Crippen LogP contribution in [0.4, 0.5) is 0 Å². The number of aromatic nitrogens is 3. The minimum Gasteiger partial charge on any atom is -0.486 e. The highest BCUT2D eigenvalue weighted by Gasteiger charge is 2.14. The first-order valence-electron chi connectivity index (χ1n) is 6.35. The van der Waals surface area contributed by atoms with Crippen LogP contribution in [0, 0.1) is 0 Å². The third-order valence-corrected chi connectivity index (χ3v) is 3.04. The molecule has 3 aromatic heterocycles. The van der Waals surface area contributed by atoms with E-state index >= 15 is 0 Å². The highest BCUT2D eigenvalue weighted by Crippen LogP contribution is 2.15. The molecule has 6 nitrogen and oxygen atoms in total. The molecule has 3 heterocycles. The summed E-state index contributed by atoms with van der Waals surface area (Å²) in [5.74, 6) is 0.266. The summed E-state index contributed by atoms with van der Waals surface area (Å²) in [4.78, 5) is 20.0. The van der Waals surface area contributed by atoms with Crippen molar-refractivity contribution < 1.29 is 14.3 Å². The molecule has 0 fully saturated rings. The summed E-state index contributed by atoms with van der Waals surface area (Å²) < 4.78 is 12.2. The van der Waals surface area contributed by atoms with Gasteiger partial charge in [-0.1, -0.05) is 0 Å². The quantitative estimate of drug-likeness (QED) is 0.686. The van der Waals surface area contributed by atoms with Crippen LogP contribution in [-0.2, 0) is 11.3 Å². The Balaban J connectivity index is 1.89. The number of nitrogens with zero attached hydrogens (tertiary/aromatic N) is 3. The van der Waals surface area contributed by atoms with Crippen molar-refractivity contribution in [3.63, 3.8) is 0 Å². The first kappa shape index (κ1) is 13.1. The molecule has 0 bridgehead atoms. The molecule has 0 unspecified atom stereocenters. The zero-order chi connectivity index (χ0) is 14.7. The number of methoxy groups -OCH3 is 1. The number of ether oxygens (including phenoxy) is 2. The van der Waals surface area contributed by atoms with Crippen LogP contribution in [0.2, 0.25) is 0 Å². The predicted octanol–water partition coefficient (Wildman–Crippen LogP) is 2.09. The van der Waals surface area contributed by atoms with E-state index in [1.165, 1.54) is 7.11 Å². The number of hydrogen-bond acceptors (Lipinski definition) is 5. The zero-order valence-electron chi connectivity index (χ0n) is 11.4. The molecular formula is C15H13N3O3. The van der Waals surface area contributed by atoms with Crippen LogP contribution < -0.4 is 4.74 Å². The Morgan fingerprint density at radius 3 is 2.95 bits per heavy atom. The van der Waals surface area contributed by atoms with E-state index in [1.807, 2.05) is 16.7 Å². The lowest BCUT2D eigenvalue weighted by molar-refractivity contribution is 0.0602. The molecule has 0 saturated heterocycles. The van der Waals surface area contributed by atoms with Crippen LogP contribution in [0.1, 0.15) is 16.1 Å². The Kier molecular flexibility index (Phi) is 3.51. The van der Waals surface area contributed by atoms with Crippen LogP contribution in [-0.4, -0.2) is 27.4 Å². The Hall–Kier alpha value is -2.89. The summed E-state index contributed by atoms with van der Waals surface area (Å²) >= 11 is 0. The second-order valence-electron chi connectivity index (χ2n) is 4.33. The Labute approximate surface area is 121 Å². The average Bonchev–Trinajstić information content (AvgIpc) is 2.96. The molecule has 0 saturated carbocycles. The van der Waals surface area contributed by atoms with Crippen molar-refractivity contribution in [2.45, 2.75) is 6.61 Å². The van der Waals surface area contributed by atoms with Crippen molar-refractivity contribution in [2.75, 3.05) is 7.11 Å². The van der Waals surface area contributed by atoms with Crippen LogP contribution in [0.15, 0.2) is 49.1 Å². The second-order valence-corrected chi connectivity index (χ2v) is 4.33. The van der Waals surface area contributed by atoms with E-state index in [0.717, 1.165) is 5.69 Å². The summed E-state index contributed by atoms with van der Waals surface area (Å²) in [6.07, 6.45) is 6.83. The highest BCUT2D eigenvalue weighted by molar-refractivity contribution is 5.95. The summed E-state index contributed by atoms with van der Waals surface area (Å²) in [7, 11) is 1.35. The first-order chi connectivity index (χ1) is 10.3. The summed E-state index contributed by atoms with van der Waals surface area (Å²) in [6, 6.07) is 7.09. The maximum Gasteiger partial charge on any atom is 0.341 e. The van der Waals surface area contributed by atoms with E-state index in [9.17, 15) is 4.79 Å². The fourth-order valence-electron chi connectivity index (χ4n) is 2.03. The first-order valence-corrected chi connectivity index (χ1v) is 6.35. The topological polar surface area (TPSA) is 65.7 Å². The van der Waals surface area contributed by atoms with E-state index in [-0.39, 0.29) is 0 Å². The van der Waals surface area contributed by atoms with Gasteiger partial charge in [-0.25, -0.2) is 9.78 Å². The predicted molar refractivity (Wildman–Crippen MR) is 75.1 cm³/mol. The number of pyridine rings is 2. The van der Waals surface area contributed by atoms with Gasteiger partial charge in [0, 0.05) is 12.4 Å². The molecule has 6 heteroatoms. The molecule has 21 heavy (non-hydrogen) atoms. The van der Waals surface area contributed by atoms with Gasteiger partial charge in [0.1, 0.15) is 17.9 Å². The van der Waals surface area contributed by atoms with Gasteiger partial charge in [0.05, 0.1) is 25.2 Å². The number of esters is 1. The van der Waals surface area contributed by atoms with Crippen molar-refractivity contribution in [3.8, 4) is 5.75 Å². The molecule has 0 aromatic carbocycles. The monoisotopic (exact) mass is 283 g/mol. The Bertz CT molecular complexity index is 768. The number of rotatable bonds is 4. The van der Waals surface area contributed by atoms with Gasteiger partial charge < -0.3 is 9.47 Å². The number of carbonyl (C=O) groups excluding carboxylic acids is 1. The third kappa shape index (κ3) is 2.55. The Morgan fingerprint density at radius 1 is 1.29 bits per heavy atom. The largest absolute Gasteiger partial charge is 0.486 e. The minimum absolute atomic E-state index is 0.331. The lowest BCUT2D eigenvalue weighted by Crippen LogP contribution is -2.05. The molecular weight excluding hydrogens is 270 g/mol. The normalized spacial score (nSPS) is 10.5. The molecule has 0 radical (unpaired) electrons. The molecule has 0 N–H and O–H groups in total. The van der Waals surface area contributed by atoms with Gasteiger partial charge in [0.15, 0.2) is 5.65 Å². The molecule has 0 spiro atoms. The average molecular weight is 283 g/mol. The molecule has 0 amide bonds. The lowest BCUT2D eigenvalue weighted by atomic mass is 10.3. The van der Waals surface area contributed by atoms with E-state index in [4.69, 9.17) is 9.47 Å². The van der Waals surface area contributed by atoms with Crippen molar-refractivity contribution in [1.82, 2.24) is 14.4 Å². The van der Waals surface area contributed by atoms with Gasteiger partial charge in [0.25, 0.3) is 0 Å². The molecule has 106 valence electrons. The molecule has 3 aromatic rings. The van der Waals surface area contributed by atoms with Gasteiger partial charge in [-0.15, -0.1) is 0 Å². The Morgan fingerprint density at radius 2 is 2.19 bits per heavy atom. The van der Waals surface area contributed by atoms with Gasteiger partial charge in [-0.2, -0.15) is 0 Å². The lowest BCUT2D eigenvalue weighted by Gasteiger charge is -2.06. The number of fused-ring (bicyclic) bond motifs is 1. The smallest absolute Gasteiger partial charge is 0.341 e. The van der Waals surface area contributed by atoms with Gasteiger partial charge >= 0.3 is 5.97 Å². The van der Waals surface area contributed by atoms with Crippen LogP contribution in [0.3, 0.4) is 0 Å². The van der Waals surface area contributed by atoms with E-state index in [0.29, 0.717) is 23.6 Å². The van der Waals surface area contributed by atoms with Crippen LogP contribution in [0.5, 0.6) is 5.75 Å². The molecule has 0 aliphatic rings. The standard InChI is InChI=1S/C15H13N3O3/c1-20-15(19)13-5-3-7-18-11(8-17-14(13)18)10-21-12-4-2-6-16-9-12/h2-9H,10H2,1H3. The molecule has 0 atom stereocenters. The SMILES string of the molecule is COC(=O)c1cccn2c(COc3cccnc3)cnc12. The summed E-state index contributed by atoms with van der Waals surface area (Å²) in [5, 5.41) is 0. The van der Waals surface area contributed by atoms with Crippen LogP contribution in [0.25, 0.3) is 5.65 Å². The van der Waals surface area contributed by atoms with Crippen molar-refractivity contribution in [2.24, 2.45) is 0 Å². The van der Waals surface area contributed by atoms with Crippen molar-refractivity contribution in [1.29, 1.82) is 0 Å². The maximum atomic E-state index is 11.7. The summed E-state index contributed by atoms with van der Waals surface area (Å²) in [5.41, 5.74) is 1.81. The van der Waals surface area contributed by atoms with Crippen LogP contribution >= 0.6 is 0 Å². The number of imidazole rings is 1. The van der Waals surface area contributed by atoms with E-state index in [1.54, 1.807) is 36.8 Å². The summed E-state index contributed by atoms with van der Waals surface area (Å²) in [6.45, 7) is 0.331. The maximum absolute atomic E-state index is 11.7. The molecule has 0 aliphatic carbocycles. The van der Waals surface area contributed by atoms with Crippen molar-refractivity contribution >= 4 is 11.6 Å². The fourth-order valence-corrected chi connectivity index (χ4v) is 2.03. The van der Waals surface area contributed by atoms with Gasteiger partial charge in [-0.05, 0) is 24.3 Å². The third-order valence-electron chi connectivity index (χ3n) is 3.04. The van der Waals surface area contributed by atoms with Gasteiger partial charge in [0.2, 0.25) is 0 Å².